The highest BCUT2D eigenvalue weighted by Crippen LogP contribution is 2.39. The summed E-state index contributed by atoms with van der Waals surface area (Å²) in [5, 5.41) is 8.13. The van der Waals surface area contributed by atoms with Crippen molar-refractivity contribution in [1.29, 1.82) is 0 Å². The van der Waals surface area contributed by atoms with Gasteiger partial charge in [-0.3, -0.25) is 9.38 Å². The van der Waals surface area contributed by atoms with Crippen LogP contribution in [0.15, 0.2) is 36.9 Å². The van der Waals surface area contributed by atoms with E-state index in [9.17, 15) is 17.6 Å². The number of anilines is 2. The zero-order valence-electron chi connectivity index (χ0n) is 17.8. The molecule has 0 spiro atoms. The van der Waals surface area contributed by atoms with E-state index in [0.29, 0.717) is 42.1 Å². The van der Waals surface area contributed by atoms with Crippen LogP contribution in [-0.4, -0.2) is 37.3 Å². The number of aromatic nitrogens is 5. The van der Waals surface area contributed by atoms with E-state index in [4.69, 9.17) is 0 Å². The fourth-order valence-electron chi connectivity index (χ4n) is 3.91. The molecule has 0 saturated heterocycles. The largest absolute Gasteiger partial charge is 0.404 e. The van der Waals surface area contributed by atoms with Crippen molar-refractivity contribution in [2.45, 2.75) is 32.9 Å². The summed E-state index contributed by atoms with van der Waals surface area (Å²) in [4.78, 5) is 10.4. The Morgan fingerprint density at radius 1 is 1.12 bits per heavy atom. The normalized spacial score (nSPS) is 14.3. The summed E-state index contributed by atoms with van der Waals surface area (Å²) in [6.07, 6.45) is 0.973. The summed E-state index contributed by atoms with van der Waals surface area (Å²) >= 11 is 0. The number of fused-ring (bicyclic) bond motifs is 4. The number of halogens is 4. The number of hydrogen-bond donors (Lipinski definition) is 0. The van der Waals surface area contributed by atoms with Gasteiger partial charge in [0.15, 0.2) is 5.82 Å². The molecule has 10 heteroatoms. The molecule has 1 aliphatic heterocycles. The first-order valence-corrected chi connectivity index (χ1v) is 10.3. The Bertz CT molecular complexity index is 1440. The average Bonchev–Trinajstić information content (AvgIpc) is 3.25. The minimum absolute atomic E-state index is 0.264. The highest BCUT2D eigenvalue weighted by Gasteiger charge is 2.46. The second-order valence-corrected chi connectivity index (χ2v) is 8.38. The van der Waals surface area contributed by atoms with E-state index < -0.39 is 17.4 Å². The van der Waals surface area contributed by atoms with Crippen molar-refractivity contribution in [3.05, 3.63) is 53.9 Å². The topological polar surface area (TPSA) is 59.2 Å². The summed E-state index contributed by atoms with van der Waals surface area (Å²) in [6.45, 7) is 2.66. The number of benzene rings is 1. The second-order valence-electron chi connectivity index (χ2n) is 8.38. The molecule has 4 aromatic rings. The van der Waals surface area contributed by atoms with E-state index in [0.717, 1.165) is 31.3 Å². The Morgan fingerprint density at radius 3 is 2.73 bits per heavy atom. The Kier molecular flexibility index (Phi) is 4.74. The molecule has 4 heterocycles. The van der Waals surface area contributed by atoms with Crippen molar-refractivity contribution < 1.29 is 17.6 Å². The molecule has 33 heavy (non-hydrogen) atoms. The molecule has 0 saturated carbocycles. The predicted molar refractivity (Wildman–Crippen MR) is 115 cm³/mol. The van der Waals surface area contributed by atoms with E-state index in [1.165, 1.54) is 12.5 Å². The molecule has 0 unspecified atom stereocenters. The smallest absolute Gasteiger partial charge is 0.325 e. The van der Waals surface area contributed by atoms with Crippen molar-refractivity contribution in [1.82, 2.24) is 24.6 Å². The highest BCUT2D eigenvalue weighted by atomic mass is 19.4. The van der Waals surface area contributed by atoms with Gasteiger partial charge in [-0.25, -0.2) is 4.39 Å². The van der Waals surface area contributed by atoms with Crippen LogP contribution in [0.25, 0.3) is 16.7 Å². The van der Waals surface area contributed by atoms with E-state index in [1.807, 2.05) is 11.0 Å². The molecule has 0 radical (unpaired) electrons. The molecule has 0 N–H and O–H groups in total. The molecular weight excluding hydrogens is 436 g/mol. The van der Waals surface area contributed by atoms with Gasteiger partial charge in [0.2, 0.25) is 0 Å². The molecule has 0 fully saturated rings. The molecule has 168 valence electrons. The van der Waals surface area contributed by atoms with E-state index >= 15 is 0 Å². The van der Waals surface area contributed by atoms with Crippen LogP contribution >= 0.6 is 0 Å². The van der Waals surface area contributed by atoms with Crippen LogP contribution < -0.4 is 4.90 Å². The number of nitrogens with zero attached hydrogens (tertiary/aromatic N) is 6. The fraction of sp³-hybridized carbons (Fsp3) is 0.304. The van der Waals surface area contributed by atoms with Gasteiger partial charge in [0.05, 0.1) is 23.3 Å². The van der Waals surface area contributed by atoms with Crippen molar-refractivity contribution in [2.75, 3.05) is 11.4 Å². The van der Waals surface area contributed by atoms with Gasteiger partial charge in [-0.15, -0.1) is 10.2 Å². The van der Waals surface area contributed by atoms with E-state index in [2.05, 4.69) is 32.0 Å². The standard InChI is InChI=1S/C23H18F4N6/c1-22(2,23(25,26)27)9-8-14-5-3-7-17-15(14)6-4-10-32(17)20-19-16(24)11-28-12-18(19)33-13-29-31-21(33)30-20/h3,5,7,11-13H,4,6,10H2,1-2H3. The van der Waals surface area contributed by atoms with Crippen LogP contribution in [0.5, 0.6) is 0 Å². The molecule has 3 aromatic heterocycles. The quantitative estimate of drug-likeness (QED) is 0.304. The molecule has 0 bridgehead atoms. The SMILES string of the molecule is CC(C)(C#Cc1cccc2c1CCCN2c1nc2nncn2c2cncc(F)c12)C(F)(F)F. The molecule has 5 rings (SSSR count). The second kappa shape index (κ2) is 7.40. The van der Waals surface area contributed by atoms with Crippen molar-refractivity contribution >= 4 is 28.2 Å². The van der Waals surface area contributed by atoms with Crippen LogP contribution in [0.3, 0.4) is 0 Å². The zero-order valence-corrected chi connectivity index (χ0v) is 17.8. The van der Waals surface area contributed by atoms with Crippen molar-refractivity contribution in [3.8, 4) is 11.8 Å². The van der Waals surface area contributed by atoms with Gasteiger partial charge >= 0.3 is 6.18 Å². The molecule has 1 aromatic carbocycles. The van der Waals surface area contributed by atoms with Gasteiger partial charge in [-0.05, 0) is 44.4 Å². The van der Waals surface area contributed by atoms with E-state index in [1.54, 1.807) is 16.5 Å². The lowest BCUT2D eigenvalue weighted by Gasteiger charge is -2.32. The van der Waals surface area contributed by atoms with Gasteiger partial charge < -0.3 is 4.90 Å². The molecule has 6 nitrogen and oxygen atoms in total. The summed E-state index contributed by atoms with van der Waals surface area (Å²) in [5.41, 5.74) is 0.377. The number of hydrogen-bond acceptors (Lipinski definition) is 5. The minimum Gasteiger partial charge on any atom is -0.325 e. The summed E-state index contributed by atoms with van der Waals surface area (Å²) in [5.74, 6) is 5.22. The van der Waals surface area contributed by atoms with Crippen LogP contribution in [0.4, 0.5) is 29.1 Å². The Hall–Kier alpha value is -3.74. The fourth-order valence-corrected chi connectivity index (χ4v) is 3.91. The maximum absolute atomic E-state index is 14.9. The van der Waals surface area contributed by atoms with Crippen LogP contribution in [-0.2, 0) is 6.42 Å². The lowest BCUT2D eigenvalue weighted by Crippen LogP contribution is -2.30. The Morgan fingerprint density at radius 2 is 1.94 bits per heavy atom. The summed E-state index contributed by atoms with van der Waals surface area (Å²) < 4.78 is 56.3. The van der Waals surface area contributed by atoms with Gasteiger partial charge in [0, 0.05) is 17.8 Å². The molecule has 0 amide bonds. The first-order chi connectivity index (χ1) is 15.7. The molecule has 0 atom stereocenters. The van der Waals surface area contributed by atoms with Gasteiger partial charge in [-0.2, -0.15) is 18.2 Å². The maximum Gasteiger partial charge on any atom is 0.404 e. The number of alkyl halides is 3. The predicted octanol–water partition coefficient (Wildman–Crippen LogP) is 4.84. The van der Waals surface area contributed by atoms with Crippen LogP contribution in [0.2, 0.25) is 0 Å². The molecular formula is C23H18F4N6. The Balaban J connectivity index is 1.68. The molecule has 1 aliphatic rings. The lowest BCUT2D eigenvalue weighted by molar-refractivity contribution is -0.190. The van der Waals surface area contributed by atoms with Crippen LogP contribution in [0, 0.1) is 23.1 Å². The molecule has 0 aliphatic carbocycles. The Labute approximate surface area is 186 Å². The third kappa shape index (κ3) is 3.44. The number of pyridine rings is 1. The first-order valence-electron chi connectivity index (χ1n) is 10.3. The third-order valence-electron chi connectivity index (χ3n) is 5.82. The zero-order chi connectivity index (χ0) is 23.4. The number of rotatable bonds is 1. The maximum atomic E-state index is 14.9. The first kappa shape index (κ1) is 21.1. The average molecular weight is 454 g/mol. The minimum atomic E-state index is -4.44. The lowest BCUT2D eigenvalue weighted by atomic mass is 9.91. The summed E-state index contributed by atoms with van der Waals surface area (Å²) in [6, 6.07) is 5.28. The van der Waals surface area contributed by atoms with Gasteiger partial charge in [-0.1, -0.05) is 17.9 Å². The van der Waals surface area contributed by atoms with Crippen molar-refractivity contribution in [2.24, 2.45) is 5.41 Å². The van der Waals surface area contributed by atoms with Crippen LogP contribution in [0.1, 0.15) is 31.4 Å². The monoisotopic (exact) mass is 454 g/mol. The van der Waals surface area contributed by atoms with Gasteiger partial charge in [0.1, 0.15) is 17.6 Å². The highest BCUT2D eigenvalue weighted by molar-refractivity contribution is 5.94. The van der Waals surface area contributed by atoms with Crippen molar-refractivity contribution in [3.63, 3.8) is 0 Å². The third-order valence-corrected chi connectivity index (χ3v) is 5.82. The van der Waals surface area contributed by atoms with E-state index in [-0.39, 0.29) is 5.39 Å². The van der Waals surface area contributed by atoms with Gasteiger partial charge in [0.25, 0.3) is 5.78 Å². The summed E-state index contributed by atoms with van der Waals surface area (Å²) in [7, 11) is 0.